The van der Waals surface area contributed by atoms with Crippen molar-refractivity contribution >= 4 is 27.3 Å². The van der Waals surface area contributed by atoms with Crippen molar-refractivity contribution < 1.29 is 17.9 Å². The number of nitrogens with one attached hydrogen (secondary N) is 1. The number of ether oxygens (including phenoxy) is 1. The van der Waals surface area contributed by atoms with Gasteiger partial charge in [-0.2, -0.15) is 0 Å². The molecule has 0 saturated heterocycles. The van der Waals surface area contributed by atoms with E-state index in [1.54, 1.807) is 54.6 Å². The van der Waals surface area contributed by atoms with Gasteiger partial charge < -0.3 is 10.1 Å². The van der Waals surface area contributed by atoms with E-state index in [4.69, 9.17) is 4.74 Å². The summed E-state index contributed by atoms with van der Waals surface area (Å²) in [5.41, 5.74) is 1.29. The molecule has 0 spiro atoms. The van der Waals surface area contributed by atoms with Gasteiger partial charge in [-0.3, -0.25) is 9.10 Å². The third-order valence-corrected chi connectivity index (χ3v) is 6.09. The van der Waals surface area contributed by atoms with Gasteiger partial charge in [0.05, 0.1) is 22.9 Å². The topological polar surface area (TPSA) is 75.7 Å². The predicted molar refractivity (Wildman–Crippen MR) is 114 cm³/mol. The third kappa shape index (κ3) is 4.57. The Labute approximate surface area is 170 Å². The van der Waals surface area contributed by atoms with Crippen LogP contribution in [0.5, 0.6) is 5.75 Å². The first-order valence-electron chi connectivity index (χ1n) is 9.10. The maximum Gasteiger partial charge on any atom is 0.264 e. The molecule has 0 saturated carbocycles. The first-order chi connectivity index (χ1) is 13.9. The Morgan fingerprint density at radius 2 is 1.66 bits per heavy atom. The van der Waals surface area contributed by atoms with Crippen molar-refractivity contribution in [2.24, 2.45) is 0 Å². The molecule has 0 aliphatic heterocycles. The van der Waals surface area contributed by atoms with Crippen molar-refractivity contribution in [1.29, 1.82) is 0 Å². The van der Waals surface area contributed by atoms with Crippen LogP contribution in [0, 0.1) is 0 Å². The van der Waals surface area contributed by atoms with Crippen molar-refractivity contribution in [3.8, 4) is 5.75 Å². The van der Waals surface area contributed by atoms with Crippen LogP contribution in [-0.2, 0) is 10.0 Å². The summed E-state index contributed by atoms with van der Waals surface area (Å²) in [5.74, 6) is 0.132. The molecule has 0 radical (unpaired) electrons. The van der Waals surface area contributed by atoms with Crippen molar-refractivity contribution in [3.63, 3.8) is 0 Å². The van der Waals surface area contributed by atoms with Crippen LogP contribution in [-0.4, -0.2) is 28.0 Å². The molecule has 7 heteroatoms. The average molecular weight is 410 g/mol. The number of amides is 1. The third-order valence-electron chi connectivity index (χ3n) is 4.31. The van der Waals surface area contributed by atoms with E-state index in [0.29, 0.717) is 23.7 Å². The standard InChI is InChI=1S/C22H22N2O4S/c1-3-28-21-15-8-7-14-20(21)23-22(25)17-10-9-13-19(16-17)29(26,27)24(2)18-11-5-4-6-12-18/h4-16H,3H2,1-2H3,(H,23,25). The predicted octanol–water partition coefficient (Wildman–Crippen LogP) is 4.16. The molecule has 0 heterocycles. The van der Waals surface area contributed by atoms with Gasteiger partial charge in [0.2, 0.25) is 0 Å². The average Bonchev–Trinajstić information content (AvgIpc) is 2.75. The second-order valence-electron chi connectivity index (χ2n) is 6.22. The number of nitrogens with zero attached hydrogens (tertiary/aromatic N) is 1. The fourth-order valence-corrected chi connectivity index (χ4v) is 4.02. The van der Waals surface area contributed by atoms with Gasteiger partial charge in [0, 0.05) is 12.6 Å². The van der Waals surface area contributed by atoms with Gasteiger partial charge in [0.15, 0.2) is 0 Å². The molecule has 0 fully saturated rings. The van der Waals surface area contributed by atoms with E-state index in [1.807, 2.05) is 19.1 Å². The minimum absolute atomic E-state index is 0.0367. The molecule has 29 heavy (non-hydrogen) atoms. The van der Waals surface area contributed by atoms with Gasteiger partial charge >= 0.3 is 0 Å². The molecule has 0 bridgehead atoms. The Bertz CT molecular complexity index is 1100. The molecule has 1 N–H and O–H groups in total. The lowest BCUT2D eigenvalue weighted by Gasteiger charge is -2.19. The maximum atomic E-state index is 13.0. The second-order valence-corrected chi connectivity index (χ2v) is 8.19. The highest BCUT2D eigenvalue weighted by Gasteiger charge is 2.22. The normalized spacial score (nSPS) is 11.0. The Morgan fingerprint density at radius 3 is 2.38 bits per heavy atom. The van der Waals surface area contributed by atoms with Crippen LogP contribution in [0.2, 0.25) is 0 Å². The van der Waals surface area contributed by atoms with Crippen molar-refractivity contribution in [3.05, 3.63) is 84.4 Å². The lowest BCUT2D eigenvalue weighted by Crippen LogP contribution is -2.26. The zero-order valence-electron chi connectivity index (χ0n) is 16.2. The van der Waals surface area contributed by atoms with Crippen LogP contribution >= 0.6 is 0 Å². The fourth-order valence-electron chi connectivity index (χ4n) is 2.78. The number of sulfonamides is 1. The summed E-state index contributed by atoms with van der Waals surface area (Å²) >= 11 is 0. The highest BCUT2D eigenvalue weighted by molar-refractivity contribution is 7.92. The fraction of sp³-hybridized carbons (Fsp3) is 0.136. The second kappa shape index (κ2) is 8.79. The van der Waals surface area contributed by atoms with Gasteiger partial charge in [-0.25, -0.2) is 8.42 Å². The minimum atomic E-state index is -3.81. The Hall–Kier alpha value is -3.32. The van der Waals surface area contributed by atoms with Crippen molar-refractivity contribution in [2.45, 2.75) is 11.8 Å². The van der Waals surface area contributed by atoms with Crippen molar-refractivity contribution in [2.75, 3.05) is 23.3 Å². The van der Waals surface area contributed by atoms with Crippen LogP contribution in [0.25, 0.3) is 0 Å². The number of hydrogen-bond acceptors (Lipinski definition) is 4. The van der Waals surface area contributed by atoms with Crippen LogP contribution in [0.1, 0.15) is 17.3 Å². The van der Waals surface area contributed by atoms with Gasteiger partial charge in [0.1, 0.15) is 5.75 Å². The molecule has 0 unspecified atom stereocenters. The number of carbonyl (C=O) groups excluding carboxylic acids is 1. The summed E-state index contributed by atoms with van der Waals surface area (Å²) in [6, 6.07) is 21.8. The monoisotopic (exact) mass is 410 g/mol. The van der Waals surface area contributed by atoms with Crippen molar-refractivity contribution in [1.82, 2.24) is 0 Å². The smallest absolute Gasteiger partial charge is 0.264 e. The first kappa shape index (κ1) is 20.4. The molecule has 1 amide bonds. The van der Waals surface area contributed by atoms with Crippen LogP contribution in [0.3, 0.4) is 0 Å². The van der Waals surface area contributed by atoms with E-state index in [0.717, 1.165) is 0 Å². The number of carbonyl (C=O) groups is 1. The molecule has 150 valence electrons. The van der Waals surface area contributed by atoms with Crippen LogP contribution in [0.4, 0.5) is 11.4 Å². The Balaban J connectivity index is 1.87. The molecule has 3 rings (SSSR count). The molecule has 0 aliphatic rings. The number of rotatable bonds is 7. The van der Waals surface area contributed by atoms with E-state index < -0.39 is 15.9 Å². The zero-order chi connectivity index (χ0) is 20.9. The van der Waals surface area contributed by atoms with Crippen LogP contribution < -0.4 is 14.4 Å². The van der Waals surface area contributed by atoms with E-state index in [9.17, 15) is 13.2 Å². The summed E-state index contributed by atoms with van der Waals surface area (Å²) < 4.78 is 32.7. The Morgan fingerprint density at radius 1 is 0.966 bits per heavy atom. The molecule has 6 nitrogen and oxygen atoms in total. The summed E-state index contributed by atoms with van der Waals surface area (Å²) in [5, 5.41) is 2.78. The van der Waals surface area contributed by atoms with Gasteiger partial charge in [-0.05, 0) is 49.4 Å². The highest BCUT2D eigenvalue weighted by Crippen LogP contribution is 2.26. The summed E-state index contributed by atoms with van der Waals surface area (Å²) in [4.78, 5) is 12.8. The number of para-hydroxylation sites is 3. The molecule has 0 atom stereocenters. The molecule has 0 aliphatic carbocycles. The van der Waals surface area contributed by atoms with Crippen LogP contribution in [0.15, 0.2) is 83.8 Å². The Kier molecular flexibility index (Phi) is 6.19. The van der Waals surface area contributed by atoms with Gasteiger partial charge in [-0.15, -0.1) is 0 Å². The first-order valence-corrected chi connectivity index (χ1v) is 10.5. The number of hydrogen-bond donors (Lipinski definition) is 1. The minimum Gasteiger partial charge on any atom is -0.492 e. The quantitative estimate of drug-likeness (QED) is 0.635. The molecule has 3 aromatic carbocycles. The van der Waals surface area contributed by atoms with E-state index >= 15 is 0 Å². The summed E-state index contributed by atoms with van der Waals surface area (Å²) in [7, 11) is -2.33. The van der Waals surface area contributed by atoms with E-state index in [1.165, 1.54) is 23.5 Å². The molecular weight excluding hydrogens is 388 g/mol. The van der Waals surface area contributed by atoms with E-state index in [-0.39, 0.29) is 10.5 Å². The largest absolute Gasteiger partial charge is 0.492 e. The zero-order valence-corrected chi connectivity index (χ0v) is 17.0. The van der Waals surface area contributed by atoms with Gasteiger partial charge in [0.25, 0.3) is 15.9 Å². The summed E-state index contributed by atoms with van der Waals surface area (Å²) in [6.07, 6.45) is 0. The van der Waals surface area contributed by atoms with Gasteiger partial charge in [-0.1, -0.05) is 36.4 Å². The SMILES string of the molecule is CCOc1ccccc1NC(=O)c1cccc(S(=O)(=O)N(C)c2ccccc2)c1. The maximum absolute atomic E-state index is 13.0. The molecule has 0 aromatic heterocycles. The lowest BCUT2D eigenvalue weighted by atomic mass is 10.2. The molecule has 3 aromatic rings. The number of benzene rings is 3. The summed E-state index contributed by atoms with van der Waals surface area (Å²) in [6.45, 7) is 2.32. The molecular formula is C22H22N2O4S. The highest BCUT2D eigenvalue weighted by atomic mass is 32.2. The number of anilines is 2. The van der Waals surface area contributed by atoms with E-state index in [2.05, 4.69) is 5.32 Å². The lowest BCUT2D eigenvalue weighted by molar-refractivity contribution is 0.102.